The van der Waals surface area contributed by atoms with Gasteiger partial charge in [-0.1, -0.05) is 30.3 Å². The molecule has 7 nitrogen and oxygen atoms in total. The highest BCUT2D eigenvalue weighted by Crippen LogP contribution is 2.18. The van der Waals surface area contributed by atoms with Crippen LogP contribution in [0.25, 0.3) is 0 Å². The zero-order valence-electron chi connectivity index (χ0n) is 18.3. The maximum absolute atomic E-state index is 12.5. The second-order valence-electron chi connectivity index (χ2n) is 7.77. The second kappa shape index (κ2) is 11.6. The van der Waals surface area contributed by atoms with Crippen LogP contribution in [0.5, 0.6) is 0 Å². The Hall–Kier alpha value is -3.71. The van der Waals surface area contributed by atoms with Crippen molar-refractivity contribution in [1.29, 1.82) is 0 Å². The van der Waals surface area contributed by atoms with Crippen molar-refractivity contribution in [3.05, 3.63) is 89.7 Å². The van der Waals surface area contributed by atoms with Crippen LogP contribution in [0, 0.1) is 0 Å². The summed E-state index contributed by atoms with van der Waals surface area (Å²) in [7, 11) is 2.05. The number of anilines is 2. The number of hydrogen-bond donors (Lipinski definition) is 2. The molecule has 0 aliphatic rings. The molecule has 0 aliphatic heterocycles. The molecule has 3 N–H and O–H groups in total. The average Bonchev–Trinajstić information content (AvgIpc) is 2.81. The van der Waals surface area contributed by atoms with Gasteiger partial charge in [0, 0.05) is 37.6 Å². The highest BCUT2D eigenvalue weighted by molar-refractivity contribution is 6.05. The summed E-state index contributed by atoms with van der Waals surface area (Å²) in [6, 6.07) is 18.6. The van der Waals surface area contributed by atoms with Gasteiger partial charge in [-0.3, -0.25) is 14.6 Å². The number of benzene rings is 2. The summed E-state index contributed by atoms with van der Waals surface area (Å²) in [5.74, 6) is -0.189. The van der Waals surface area contributed by atoms with Crippen molar-refractivity contribution in [3.63, 3.8) is 0 Å². The fraction of sp³-hybridized carbons (Fsp3) is 0.240. The van der Waals surface area contributed by atoms with Gasteiger partial charge >= 0.3 is 0 Å². The molecule has 3 aromatic rings. The number of rotatable bonds is 11. The van der Waals surface area contributed by atoms with E-state index in [9.17, 15) is 9.59 Å². The first-order valence-corrected chi connectivity index (χ1v) is 10.6. The normalized spacial score (nSPS) is 10.7. The molecule has 1 heterocycles. The Balaban J connectivity index is 1.44. The molecular formula is C25H29N5O2. The Morgan fingerprint density at radius 3 is 2.47 bits per heavy atom. The number of nitrogens with one attached hydrogen (secondary N) is 1. The van der Waals surface area contributed by atoms with E-state index < -0.39 is 0 Å². The number of nitrogen functional groups attached to an aromatic ring is 1. The third-order valence-electron chi connectivity index (χ3n) is 5.12. The third-order valence-corrected chi connectivity index (χ3v) is 5.12. The van der Waals surface area contributed by atoms with E-state index in [0.717, 1.165) is 37.0 Å². The largest absolute Gasteiger partial charge is 0.397 e. The summed E-state index contributed by atoms with van der Waals surface area (Å²) in [5, 5.41) is 2.84. The molecular weight excluding hydrogens is 402 g/mol. The van der Waals surface area contributed by atoms with Crippen LogP contribution in [0.4, 0.5) is 11.4 Å². The van der Waals surface area contributed by atoms with Crippen LogP contribution < -0.4 is 11.1 Å². The Morgan fingerprint density at radius 2 is 1.78 bits per heavy atom. The van der Waals surface area contributed by atoms with Crippen LogP contribution in [0.2, 0.25) is 0 Å². The number of hydrogen-bond acceptors (Lipinski definition) is 5. The third kappa shape index (κ3) is 6.92. The fourth-order valence-corrected chi connectivity index (χ4v) is 3.40. The Bertz CT molecular complexity index is 1010. The van der Waals surface area contributed by atoms with Crippen molar-refractivity contribution in [1.82, 2.24) is 14.8 Å². The number of amides is 2. The highest BCUT2D eigenvalue weighted by Gasteiger charge is 2.09. The number of nitrogens with zero attached hydrogens (tertiary/aromatic N) is 3. The van der Waals surface area contributed by atoms with Gasteiger partial charge in [0.1, 0.15) is 0 Å². The van der Waals surface area contributed by atoms with Crippen molar-refractivity contribution < 1.29 is 9.59 Å². The van der Waals surface area contributed by atoms with Gasteiger partial charge < -0.3 is 20.9 Å². The van der Waals surface area contributed by atoms with Crippen molar-refractivity contribution in [2.24, 2.45) is 0 Å². The van der Waals surface area contributed by atoms with E-state index in [1.807, 2.05) is 55.6 Å². The summed E-state index contributed by atoms with van der Waals surface area (Å²) in [5.41, 5.74) is 9.74. The molecule has 1 aromatic heterocycles. The molecule has 0 unspecified atom stereocenters. The molecule has 3 rings (SSSR count). The molecule has 0 bridgehead atoms. The van der Waals surface area contributed by atoms with E-state index in [4.69, 9.17) is 5.73 Å². The molecule has 0 atom stereocenters. The lowest BCUT2D eigenvalue weighted by molar-refractivity contribution is -0.118. The predicted octanol–water partition coefficient (Wildman–Crippen LogP) is 3.40. The molecule has 32 heavy (non-hydrogen) atoms. The number of carbonyl (C=O) groups excluding carboxylic acids is 2. The molecule has 2 aromatic carbocycles. The van der Waals surface area contributed by atoms with Crippen LogP contribution in [-0.2, 0) is 17.9 Å². The topological polar surface area (TPSA) is 91.6 Å². The molecule has 166 valence electrons. The number of aromatic nitrogens is 1. The zero-order chi connectivity index (χ0) is 22.8. The molecule has 0 radical (unpaired) electrons. The lowest BCUT2D eigenvalue weighted by atomic mass is 10.1. The van der Waals surface area contributed by atoms with Crippen LogP contribution >= 0.6 is 0 Å². The molecule has 0 saturated heterocycles. The van der Waals surface area contributed by atoms with E-state index >= 15 is 0 Å². The number of nitrogens with two attached hydrogens (primary N) is 1. The summed E-state index contributed by atoms with van der Waals surface area (Å²) in [4.78, 5) is 31.9. The maximum Gasteiger partial charge on any atom is 0.255 e. The minimum Gasteiger partial charge on any atom is -0.397 e. The van der Waals surface area contributed by atoms with Gasteiger partial charge in [0.25, 0.3) is 5.91 Å². The van der Waals surface area contributed by atoms with Gasteiger partial charge in [0.15, 0.2) is 0 Å². The van der Waals surface area contributed by atoms with E-state index in [1.165, 1.54) is 0 Å². The Labute approximate surface area is 188 Å². The minimum atomic E-state index is -0.189. The molecule has 0 aliphatic carbocycles. The standard InChI is InChI=1S/C25H29N5O2/c1-29(14-5-15-30(19-31)18-21-6-4-13-27-16-21)17-20-9-11-22(12-10-20)25(32)28-24-8-3-2-7-23(24)26/h2-4,6-13,16,19H,5,14-15,17-18,26H2,1H3,(H,28,32). The van der Waals surface area contributed by atoms with Gasteiger partial charge in [-0.05, 0) is 61.5 Å². The quantitative estimate of drug-likeness (QED) is 0.359. The summed E-state index contributed by atoms with van der Waals surface area (Å²) in [6.45, 7) is 2.87. The van der Waals surface area contributed by atoms with Gasteiger partial charge in [-0.15, -0.1) is 0 Å². The number of para-hydroxylation sites is 2. The van der Waals surface area contributed by atoms with Crippen LogP contribution in [0.15, 0.2) is 73.1 Å². The average molecular weight is 432 g/mol. The van der Waals surface area contributed by atoms with Gasteiger partial charge in [0.05, 0.1) is 11.4 Å². The van der Waals surface area contributed by atoms with E-state index in [-0.39, 0.29) is 5.91 Å². The van der Waals surface area contributed by atoms with Crippen LogP contribution in [0.3, 0.4) is 0 Å². The first-order chi connectivity index (χ1) is 15.5. The van der Waals surface area contributed by atoms with E-state index in [2.05, 4.69) is 15.2 Å². The lowest BCUT2D eigenvalue weighted by Gasteiger charge is -2.21. The number of carbonyl (C=O) groups is 2. The minimum absolute atomic E-state index is 0.189. The first kappa shape index (κ1) is 23.0. The lowest BCUT2D eigenvalue weighted by Crippen LogP contribution is -2.27. The summed E-state index contributed by atoms with van der Waals surface area (Å²) in [6.07, 6.45) is 5.26. The van der Waals surface area contributed by atoms with Crippen molar-refractivity contribution >= 4 is 23.7 Å². The van der Waals surface area contributed by atoms with Crippen molar-refractivity contribution in [3.8, 4) is 0 Å². The monoisotopic (exact) mass is 431 g/mol. The Kier molecular flexibility index (Phi) is 8.34. The maximum atomic E-state index is 12.5. The van der Waals surface area contributed by atoms with Crippen LogP contribution in [-0.4, -0.2) is 47.2 Å². The summed E-state index contributed by atoms with van der Waals surface area (Å²) >= 11 is 0. The first-order valence-electron chi connectivity index (χ1n) is 10.6. The molecule has 7 heteroatoms. The number of pyridine rings is 1. The van der Waals surface area contributed by atoms with Gasteiger partial charge in [-0.2, -0.15) is 0 Å². The predicted molar refractivity (Wildman–Crippen MR) is 127 cm³/mol. The molecule has 0 saturated carbocycles. The van der Waals surface area contributed by atoms with Gasteiger partial charge in [0.2, 0.25) is 6.41 Å². The highest BCUT2D eigenvalue weighted by atomic mass is 16.1. The zero-order valence-corrected chi connectivity index (χ0v) is 18.3. The van der Waals surface area contributed by atoms with E-state index in [0.29, 0.717) is 30.0 Å². The second-order valence-corrected chi connectivity index (χ2v) is 7.77. The molecule has 2 amide bonds. The van der Waals surface area contributed by atoms with Crippen LogP contribution in [0.1, 0.15) is 27.9 Å². The SMILES string of the molecule is CN(CCCN(C=O)Cc1cccnc1)Cc1ccc(C(=O)Nc2ccccc2N)cc1. The molecule has 0 spiro atoms. The molecule has 0 fully saturated rings. The smallest absolute Gasteiger partial charge is 0.255 e. The fourth-order valence-electron chi connectivity index (χ4n) is 3.40. The van der Waals surface area contributed by atoms with E-state index in [1.54, 1.807) is 29.4 Å². The van der Waals surface area contributed by atoms with Crippen molar-refractivity contribution in [2.45, 2.75) is 19.5 Å². The Morgan fingerprint density at radius 1 is 1.00 bits per heavy atom. The van der Waals surface area contributed by atoms with Gasteiger partial charge in [-0.25, -0.2) is 0 Å². The van der Waals surface area contributed by atoms with Crippen molar-refractivity contribution in [2.75, 3.05) is 31.2 Å². The summed E-state index contributed by atoms with van der Waals surface area (Å²) < 4.78 is 0.